The molecule has 18 heavy (non-hydrogen) atoms. The van der Waals surface area contributed by atoms with Crippen LogP contribution in [0.5, 0.6) is 0 Å². The summed E-state index contributed by atoms with van der Waals surface area (Å²) in [7, 11) is 0. The fraction of sp³-hybridized carbons (Fsp3) is 0.647. The van der Waals surface area contributed by atoms with Gasteiger partial charge in [-0.1, -0.05) is 45.4 Å². The van der Waals surface area contributed by atoms with Gasteiger partial charge in [-0.2, -0.15) is 0 Å². The van der Waals surface area contributed by atoms with Crippen molar-refractivity contribution < 1.29 is 0 Å². The van der Waals surface area contributed by atoms with Crippen LogP contribution in [0.3, 0.4) is 0 Å². The fourth-order valence-corrected chi connectivity index (χ4v) is 3.84. The van der Waals surface area contributed by atoms with E-state index in [0.717, 1.165) is 11.8 Å². The quantitative estimate of drug-likeness (QED) is 0.786. The number of nitrogens with one attached hydrogen (secondary N) is 1. The standard InChI is InChI=1S/C17H25N/c1-4-17(2,3)12-9-10-16-14(11-12)13-7-5-6-8-15(13)18-16/h5-8,12,14,16,18H,4,9-11H2,1-3H3. The van der Waals surface area contributed by atoms with Crippen molar-refractivity contribution in [2.45, 2.75) is 58.4 Å². The summed E-state index contributed by atoms with van der Waals surface area (Å²) in [5.41, 5.74) is 3.46. The summed E-state index contributed by atoms with van der Waals surface area (Å²) >= 11 is 0. The van der Waals surface area contributed by atoms with Gasteiger partial charge in [-0.3, -0.25) is 0 Å². The summed E-state index contributed by atoms with van der Waals surface area (Å²) in [4.78, 5) is 0. The van der Waals surface area contributed by atoms with Crippen molar-refractivity contribution in [1.82, 2.24) is 0 Å². The van der Waals surface area contributed by atoms with Gasteiger partial charge in [-0.25, -0.2) is 0 Å². The van der Waals surface area contributed by atoms with Gasteiger partial charge < -0.3 is 5.32 Å². The molecule has 3 atom stereocenters. The Kier molecular flexibility index (Phi) is 2.88. The van der Waals surface area contributed by atoms with Crippen molar-refractivity contribution in [2.24, 2.45) is 11.3 Å². The third-order valence-corrected chi connectivity index (χ3v) is 5.57. The molecule has 1 N–H and O–H groups in total. The lowest BCUT2D eigenvalue weighted by molar-refractivity contribution is 0.138. The first-order valence-corrected chi connectivity index (χ1v) is 7.47. The van der Waals surface area contributed by atoms with E-state index >= 15 is 0 Å². The van der Waals surface area contributed by atoms with Crippen LogP contribution in [0.1, 0.15) is 57.9 Å². The van der Waals surface area contributed by atoms with Crippen LogP contribution in [-0.2, 0) is 0 Å². The lowest BCUT2D eigenvalue weighted by Gasteiger charge is -2.41. The Morgan fingerprint density at radius 3 is 2.78 bits per heavy atom. The second-order valence-electron chi connectivity index (χ2n) is 6.80. The van der Waals surface area contributed by atoms with Crippen molar-refractivity contribution in [2.75, 3.05) is 5.32 Å². The maximum absolute atomic E-state index is 3.73. The fourth-order valence-electron chi connectivity index (χ4n) is 3.84. The van der Waals surface area contributed by atoms with Crippen LogP contribution in [0.15, 0.2) is 24.3 Å². The Labute approximate surface area is 111 Å². The molecule has 2 aliphatic rings. The van der Waals surface area contributed by atoms with Crippen LogP contribution in [0.25, 0.3) is 0 Å². The molecule has 98 valence electrons. The van der Waals surface area contributed by atoms with E-state index in [1.165, 1.54) is 31.4 Å². The van der Waals surface area contributed by atoms with Gasteiger partial charge in [0.25, 0.3) is 0 Å². The number of hydrogen-bond acceptors (Lipinski definition) is 1. The van der Waals surface area contributed by atoms with E-state index in [-0.39, 0.29) is 0 Å². The zero-order valence-corrected chi connectivity index (χ0v) is 11.9. The minimum absolute atomic E-state index is 0.502. The molecule has 1 aromatic rings. The topological polar surface area (TPSA) is 12.0 Å². The average molecular weight is 243 g/mol. The Morgan fingerprint density at radius 1 is 1.22 bits per heavy atom. The maximum Gasteiger partial charge on any atom is 0.0378 e. The number of para-hydroxylation sites is 1. The van der Waals surface area contributed by atoms with Gasteiger partial charge in [0.2, 0.25) is 0 Å². The highest BCUT2D eigenvalue weighted by Crippen LogP contribution is 2.50. The number of hydrogen-bond donors (Lipinski definition) is 1. The molecular formula is C17H25N. The zero-order chi connectivity index (χ0) is 12.8. The first-order valence-electron chi connectivity index (χ1n) is 7.47. The molecule has 1 heteroatoms. The second-order valence-corrected chi connectivity index (χ2v) is 6.80. The largest absolute Gasteiger partial charge is 0.381 e. The molecule has 1 aliphatic carbocycles. The maximum atomic E-state index is 3.73. The predicted molar refractivity (Wildman–Crippen MR) is 78.0 cm³/mol. The molecule has 1 aliphatic heterocycles. The monoisotopic (exact) mass is 243 g/mol. The average Bonchev–Trinajstić information content (AvgIpc) is 2.76. The minimum atomic E-state index is 0.502. The first-order chi connectivity index (χ1) is 8.62. The number of anilines is 1. The van der Waals surface area contributed by atoms with Crippen LogP contribution in [0.2, 0.25) is 0 Å². The van der Waals surface area contributed by atoms with E-state index in [4.69, 9.17) is 0 Å². The first kappa shape index (κ1) is 12.1. The van der Waals surface area contributed by atoms with E-state index in [2.05, 4.69) is 50.4 Å². The molecule has 0 saturated heterocycles. The molecule has 0 amide bonds. The summed E-state index contributed by atoms with van der Waals surface area (Å²) in [6.07, 6.45) is 5.40. The van der Waals surface area contributed by atoms with Crippen LogP contribution in [-0.4, -0.2) is 6.04 Å². The lowest BCUT2D eigenvalue weighted by atomic mass is 9.65. The number of rotatable bonds is 2. The Morgan fingerprint density at radius 2 is 2.00 bits per heavy atom. The molecule has 1 saturated carbocycles. The minimum Gasteiger partial charge on any atom is -0.381 e. The van der Waals surface area contributed by atoms with Gasteiger partial charge >= 0.3 is 0 Å². The van der Waals surface area contributed by atoms with Gasteiger partial charge in [-0.15, -0.1) is 0 Å². The van der Waals surface area contributed by atoms with E-state index in [1.54, 1.807) is 5.56 Å². The van der Waals surface area contributed by atoms with Gasteiger partial charge in [-0.05, 0) is 42.2 Å². The lowest BCUT2D eigenvalue weighted by Crippen LogP contribution is -2.34. The van der Waals surface area contributed by atoms with Crippen molar-refractivity contribution in [1.29, 1.82) is 0 Å². The molecule has 3 rings (SSSR count). The van der Waals surface area contributed by atoms with Gasteiger partial charge in [0, 0.05) is 17.6 Å². The SMILES string of the molecule is CCC(C)(C)C1CCC2Nc3ccccc3C2C1. The van der Waals surface area contributed by atoms with Crippen molar-refractivity contribution in [3.8, 4) is 0 Å². The van der Waals surface area contributed by atoms with Crippen molar-refractivity contribution >= 4 is 5.69 Å². The number of benzene rings is 1. The Balaban J connectivity index is 1.84. The van der Waals surface area contributed by atoms with Crippen LogP contribution < -0.4 is 5.32 Å². The molecule has 3 unspecified atom stereocenters. The van der Waals surface area contributed by atoms with Crippen LogP contribution in [0.4, 0.5) is 5.69 Å². The Bertz CT molecular complexity index is 435. The molecule has 0 aromatic heterocycles. The van der Waals surface area contributed by atoms with E-state index in [1.807, 2.05) is 0 Å². The van der Waals surface area contributed by atoms with Gasteiger partial charge in [0.05, 0.1) is 0 Å². The van der Waals surface area contributed by atoms with Gasteiger partial charge in [0.1, 0.15) is 0 Å². The molecule has 1 nitrogen and oxygen atoms in total. The molecule has 0 radical (unpaired) electrons. The molecule has 1 aromatic carbocycles. The highest BCUT2D eigenvalue weighted by atomic mass is 15.0. The third kappa shape index (κ3) is 1.84. The molecular weight excluding hydrogens is 218 g/mol. The summed E-state index contributed by atoms with van der Waals surface area (Å²) in [5, 5.41) is 3.73. The smallest absolute Gasteiger partial charge is 0.0378 e. The summed E-state index contributed by atoms with van der Waals surface area (Å²) in [5.74, 6) is 1.64. The zero-order valence-electron chi connectivity index (χ0n) is 11.9. The van der Waals surface area contributed by atoms with Crippen LogP contribution >= 0.6 is 0 Å². The highest BCUT2D eigenvalue weighted by molar-refractivity contribution is 5.59. The Hall–Kier alpha value is -0.980. The molecule has 1 heterocycles. The van der Waals surface area contributed by atoms with Gasteiger partial charge in [0.15, 0.2) is 0 Å². The summed E-state index contributed by atoms with van der Waals surface area (Å²) in [6, 6.07) is 9.61. The number of fused-ring (bicyclic) bond motifs is 3. The predicted octanol–water partition coefficient (Wildman–Crippen LogP) is 4.80. The van der Waals surface area contributed by atoms with Crippen molar-refractivity contribution in [3.63, 3.8) is 0 Å². The molecule has 0 bridgehead atoms. The van der Waals surface area contributed by atoms with Crippen LogP contribution in [0, 0.1) is 11.3 Å². The third-order valence-electron chi connectivity index (χ3n) is 5.57. The summed E-state index contributed by atoms with van der Waals surface area (Å²) in [6.45, 7) is 7.24. The van der Waals surface area contributed by atoms with E-state index < -0.39 is 0 Å². The molecule has 1 fully saturated rings. The van der Waals surface area contributed by atoms with E-state index in [0.29, 0.717) is 11.5 Å². The normalized spacial score (nSPS) is 30.5. The summed E-state index contributed by atoms with van der Waals surface area (Å²) < 4.78 is 0. The second kappa shape index (κ2) is 4.29. The van der Waals surface area contributed by atoms with E-state index in [9.17, 15) is 0 Å². The highest BCUT2D eigenvalue weighted by Gasteiger charge is 2.41. The molecule has 0 spiro atoms. The van der Waals surface area contributed by atoms with Crippen molar-refractivity contribution in [3.05, 3.63) is 29.8 Å².